The second-order valence-corrected chi connectivity index (χ2v) is 4.51. The highest BCUT2D eigenvalue weighted by Gasteiger charge is 2.31. The van der Waals surface area contributed by atoms with Crippen LogP contribution in [0.25, 0.3) is 6.58 Å². The monoisotopic (exact) mass is 237 g/mol. The van der Waals surface area contributed by atoms with Gasteiger partial charge in [0.1, 0.15) is 6.42 Å². The van der Waals surface area contributed by atoms with Crippen LogP contribution in [0.2, 0.25) is 0 Å². The summed E-state index contributed by atoms with van der Waals surface area (Å²) in [6.07, 6.45) is 0.389. The molecule has 2 aromatic carbocycles. The van der Waals surface area contributed by atoms with Gasteiger partial charge in [-0.05, 0) is 22.9 Å². The molecule has 1 unspecified atom stereocenters. The Morgan fingerprint density at radius 3 is 2.67 bits per heavy atom. The molecule has 0 N–H and O–H groups in total. The van der Waals surface area contributed by atoms with E-state index in [2.05, 4.69) is 6.58 Å². The van der Waals surface area contributed by atoms with E-state index in [1.807, 2.05) is 48.5 Å². The lowest BCUT2D eigenvalue weighted by molar-refractivity contribution is -0.116. The molecule has 1 aliphatic heterocycles. The quantitative estimate of drug-likeness (QED) is 0.695. The van der Waals surface area contributed by atoms with Crippen molar-refractivity contribution in [3.8, 4) is 0 Å². The van der Waals surface area contributed by atoms with Crippen molar-refractivity contribution in [1.29, 1.82) is 0 Å². The van der Waals surface area contributed by atoms with Crippen LogP contribution in [0.4, 0.5) is 0 Å². The van der Waals surface area contributed by atoms with Crippen LogP contribution in [0.15, 0.2) is 53.0 Å². The summed E-state index contributed by atoms with van der Waals surface area (Å²) >= 11 is 0. The highest BCUT2D eigenvalue weighted by molar-refractivity contribution is 5.86. The van der Waals surface area contributed by atoms with E-state index in [1.165, 1.54) is 0 Å². The topological polar surface area (TPSA) is 28.4 Å². The average molecular weight is 237 g/mol. The molecule has 0 radical (unpaired) electrons. The summed E-state index contributed by atoms with van der Waals surface area (Å²) < 4.78 is 5.27. The zero-order chi connectivity index (χ0) is 12.5. The zero-order valence-corrected chi connectivity index (χ0v) is 9.93. The molecule has 88 valence electrons. The van der Waals surface area contributed by atoms with Gasteiger partial charge in [0.2, 0.25) is 0 Å². The maximum atomic E-state index is 11.7. The van der Waals surface area contributed by atoms with E-state index in [1.54, 1.807) is 0 Å². The molecule has 0 aromatic heterocycles. The van der Waals surface area contributed by atoms with Gasteiger partial charge in [0, 0.05) is 22.3 Å². The van der Waals surface area contributed by atoms with Gasteiger partial charge in [-0.3, -0.25) is 4.42 Å². The van der Waals surface area contributed by atoms with Crippen LogP contribution >= 0.6 is 0 Å². The molecule has 2 nitrogen and oxygen atoms in total. The summed E-state index contributed by atoms with van der Waals surface area (Å²) in [5, 5.41) is 0.938. The number of hydrogen-bond donors (Lipinski definition) is 0. The van der Waals surface area contributed by atoms with E-state index >= 15 is 0 Å². The first-order valence-corrected chi connectivity index (χ1v) is 5.95. The highest BCUT2D eigenvalue weighted by Crippen LogP contribution is 2.27. The molecular weight excluding hydrogens is 224 g/mol. The molecule has 2 aromatic rings. The van der Waals surface area contributed by atoms with E-state index in [9.17, 15) is 4.79 Å². The summed E-state index contributed by atoms with van der Waals surface area (Å²) in [6, 6.07) is 15.7. The van der Waals surface area contributed by atoms with Crippen molar-refractivity contribution in [2.45, 2.75) is 12.3 Å². The van der Waals surface area contributed by atoms with E-state index in [-0.39, 0.29) is 11.9 Å². The van der Waals surface area contributed by atoms with E-state index < -0.39 is 0 Å². The molecule has 1 heterocycles. The lowest BCUT2D eigenvalue weighted by Gasteiger charge is -2.15. The average Bonchev–Trinajstić information content (AvgIpc) is 2.39. The maximum Gasteiger partial charge on any atom is 0.581 e. The first kappa shape index (κ1) is 10.9. The third kappa shape index (κ3) is 1.86. The molecule has 0 spiro atoms. The zero-order valence-electron chi connectivity index (χ0n) is 9.93. The van der Waals surface area contributed by atoms with Crippen LogP contribution < -0.4 is 10.6 Å². The van der Waals surface area contributed by atoms with Gasteiger partial charge in [-0.15, -0.1) is 0 Å². The Bertz CT molecular complexity index is 702. The van der Waals surface area contributed by atoms with Crippen molar-refractivity contribution < 1.29 is 4.79 Å². The first-order valence-electron chi connectivity index (χ1n) is 5.95. The Hall–Kier alpha value is -2.22. The Balaban J connectivity index is 2.22. The predicted molar refractivity (Wildman–Crippen MR) is 71.4 cm³/mol. The maximum absolute atomic E-state index is 11.7. The third-order valence-corrected chi connectivity index (χ3v) is 3.25. The summed E-state index contributed by atoms with van der Waals surface area (Å²) in [5.41, 5.74) is 2.85. The van der Waals surface area contributed by atoms with Crippen LogP contribution in [0.1, 0.15) is 23.5 Å². The Labute approximate surface area is 105 Å². The second-order valence-electron chi connectivity index (χ2n) is 4.51. The van der Waals surface area contributed by atoms with Crippen LogP contribution in [-0.4, -0.2) is 5.97 Å². The van der Waals surface area contributed by atoms with Gasteiger partial charge in [-0.2, -0.15) is 0 Å². The van der Waals surface area contributed by atoms with Gasteiger partial charge >= 0.3 is 5.97 Å². The Kier molecular flexibility index (Phi) is 2.56. The SMILES string of the molecule is C=c1ccc2c(c1)C(c1ccccc1)CC(=O)[O+]=2. The van der Waals surface area contributed by atoms with Gasteiger partial charge in [0.25, 0.3) is 5.43 Å². The predicted octanol–water partition coefficient (Wildman–Crippen LogP) is 1.77. The minimum Gasteiger partial charge on any atom is -0.272 e. The van der Waals surface area contributed by atoms with Crippen LogP contribution in [0.3, 0.4) is 0 Å². The lowest BCUT2D eigenvalue weighted by atomic mass is 9.87. The summed E-state index contributed by atoms with van der Waals surface area (Å²) in [6.45, 7) is 3.94. The molecule has 3 rings (SSSR count). The Morgan fingerprint density at radius 1 is 1.11 bits per heavy atom. The number of rotatable bonds is 1. The number of carbonyl (C=O) groups excluding carboxylic acids is 1. The third-order valence-electron chi connectivity index (χ3n) is 3.25. The summed E-state index contributed by atoms with van der Waals surface area (Å²) in [7, 11) is 0. The van der Waals surface area contributed by atoms with E-state index in [4.69, 9.17) is 4.42 Å². The lowest BCUT2D eigenvalue weighted by Crippen LogP contribution is -2.26. The molecule has 0 saturated carbocycles. The summed E-state index contributed by atoms with van der Waals surface area (Å²) in [4.78, 5) is 11.7. The van der Waals surface area contributed by atoms with Gasteiger partial charge in [-0.1, -0.05) is 36.9 Å². The van der Waals surface area contributed by atoms with Crippen molar-refractivity contribution >= 4 is 12.5 Å². The Morgan fingerprint density at radius 2 is 1.89 bits per heavy atom. The van der Waals surface area contributed by atoms with E-state index in [0.29, 0.717) is 11.8 Å². The first-order chi connectivity index (χ1) is 8.74. The minimum atomic E-state index is -0.173. The number of hydrogen-bond acceptors (Lipinski definition) is 1. The number of benzene rings is 2. The minimum absolute atomic E-state index is 0.0733. The van der Waals surface area contributed by atoms with Crippen molar-refractivity contribution in [2.24, 2.45) is 0 Å². The molecule has 0 fully saturated rings. The second kappa shape index (κ2) is 4.22. The molecular formula is C16H13O2+. The smallest absolute Gasteiger partial charge is 0.272 e. The fourth-order valence-electron chi connectivity index (χ4n) is 2.39. The molecule has 0 bridgehead atoms. The van der Waals surface area contributed by atoms with Crippen LogP contribution in [0.5, 0.6) is 0 Å². The fraction of sp³-hybridized carbons (Fsp3) is 0.125. The molecule has 1 aliphatic rings. The van der Waals surface area contributed by atoms with Gasteiger partial charge in [0.15, 0.2) is 0 Å². The molecule has 1 atom stereocenters. The van der Waals surface area contributed by atoms with Crippen molar-refractivity contribution in [3.05, 3.63) is 74.7 Å². The van der Waals surface area contributed by atoms with Crippen LogP contribution in [0, 0.1) is 0 Å². The number of fused-ring (bicyclic) bond motifs is 1. The van der Waals surface area contributed by atoms with E-state index in [0.717, 1.165) is 16.3 Å². The summed E-state index contributed by atoms with van der Waals surface area (Å²) in [5.74, 6) is -0.0997. The van der Waals surface area contributed by atoms with Crippen LogP contribution in [-0.2, 0) is 4.79 Å². The molecule has 2 heteroatoms. The molecule has 0 saturated heterocycles. The van der Waals surface area contributed by atoms with Crippen molar-refractivity contribution in [1.82, 2.24) is 0 Å². The highest BCUT2D eigenvalue weighted by atomic mass is 16.4. The molecule has 0 amide bonds. The largest absolute Gasteiger partial charge is 0.581 e. The van der Waals surface area contributed by atoms with Gasteiger partial charge < -0.3 is 0 Å². The fourth-order valence-corrected chi connectivity index (χ4v) is 2.39. The molecule has 18 heavy (non-hydrogen) atoms. The van der Waals surface area contributed by atoms with Crippen molar-refractivity contribution in [3.63, 3.8) is 0 Å². The number of carbonyl (C=O) groups is 1. The standard InChI is InChI=1S/C16H13O2/c1-11-7-8-15-14(9-11)13(10-16(17)18-15)12-5-3-2-4-6-12/h2-9,13H,1,10H2/q+1. The normalized spacial score (nSPS) is 18.0. The van der Waals surface area contributed by atoms with Gasteiger partial charge in [0.05, 0.1) is 0 Å². The molecule has 0 aliphatic carbocycles. The van der Waals surface area contributed by atoms with Crippen molar-refractivity contribution in [2.75, 3.05) is 0 Å². The van der Waals surface area contributed by atoms with Gasteiger partial charge in [-0.25, -0.2) is 0 Å².